The van der Waals surface area contributed by atoms with Crippen molar-refractivity contribution in [3.63, 3.8) is 0 Å². The number of hydrogen-bond acceptors (Lipinski definition) is 6. The molecular weight excluding hydrogens is 322 g/mol. The molecule has 1 atom stereocenters. The Kier molecular flexibility index (Phi) is 4.87. The van der Waals surface area contributed by atoms with E-state index >= 15 is 0 Å². The number of rotatable bonds is 6. The van der Waals surface area contributed by atoms with Crippen LogP contribution < -0.4 is 5.56 Å². The summed E-state index contributed by atoms with van der Waals surface area (Å²) in [6.45, 7) is 4.25. The largest absolute Gasteiger partial charge is 0.464 e. The molecule has 0 fully saturated rings. The summed E-state index contributed by atoms with van der Waals surface area (Å²) < 4.78 is 7.87. The van der Waals surface area contributed by atoms with Crippen molar-refractivity contribution in [3.8, 4) is 0 Å². The summed E-state index contributed by atoms with van der Waals surface area (Å²) in [6, 6.07) is 8.99. The predicted molar refractivity (Wildman–Crippen MR) is 91.1 cm³/mol. The van der Waals surface area contributed by atoms with Crippen LogP contribution in [0.4, 0.5) is 0 Å². The third-order valence-electron chi connectivity index (χ3n) is 3.91. The summed E-state index contributed by atoms with van der Waals surface area (Å²) in [6.07, 6.45) is 1.78. The number of ether oxygens (including phenoxy) is 1. The van der Waals surface area contributed by atoms with E-state index in [0.717, 1.165) is 5.56 Å². The standard InChI is InChI=1S/C17H19N5O3/c1-3-13(17(24)25-4-2)21-11-18-15-14(16(21)23)19-20-22(15)10-12-8-6-5-7-9-12/h5-9,11,13H,3-4,10H2,1-2H3. The Hall–Kier alpha value is -3.03. The van der Waals surface area contributed by atoms with E-state index in [1.165, 1.54) is 10.9 Å². The summed E-state index contributed by atoms with van der Waals surface area (Å²) in [4.78, 5) is 29.1. The van der Waals surface area contributed by atoms with E-state index in [1.807, 2.05) is 37.3 Å². The lowest BCUT2D eigenvalue weighted by atomic mass is 10.2. The van der Waals surface area contributed by atoms with Crippen LogP contribution in [0.1, 0.15) is 31.9 Å². The molecule has 2 aromatic heterocycles. The third-order valence-corrected chi connectivity index (χ3v) is 3.91. The SMILES string of the molecule is CCOC(=O)C(CC)n1cnc2c(nnn2Cc2ccccc2)c1=O. The minimum absolute atomic E-state index is 0.140. The molecule has 0 amide bonds. The highest BCUT2D eigenvalue weighted by Gasteiger charge is 2.23. The minimum atomic E-state index is -0.719. The van der Waals surface area contributed by atoms with Crippen LogP contribution in [0.25, 0.3) is 11.2 Å². The van der Waals surface area contributed by atoms with Gasteiger partial charge >= 0.3 is 5.97 Å². The molecule has 25 heavy (non-hydrogen) atoms. The van der Waals surface area contributed by atoms with Gasteiger partial charge in [-0.3, -0.25) is 9.36 Å². The monoisotopic (exact) mass is 341 g/mol. The second-order valence-electron chi connectivity index (χ2n) is 5.54. The summed E-state index contributed by atoms with van der Waals surface area (Å²) >= 11 is 0. The highest BCUT2D eigenvalue weighted by atomic mass is 16.5. The van der Waals surface area contributed by atoms with Gasteiger partial charge < -0.3 is 4.74 Å². The fourth-order valence-electron chi connectivity index (χ4n) is 2.67. The summed E-state index contributed by atoms with van der Waals surface area (Å²) in [5.74, 6) is -0.454. The smallest absolute Gasteiger partial charge is 0.329 e. The first kappa shape index (κ1) is 16.8. The zero-order valence-electron chi connectivity index (χ0n) is 14.1. The number of benzene rings is 1. The second kappa shape index (κ2) is 7.25. The van der Waals surface area contributed by atoms with Crippen LogP contribution in [0.5, 0.6) is 0 Å². The number of aromatic nitrogens is 5. The lowest BCUT2D eigenvalue weighted by molar-refractivity contribution is -0.147. The number of fused-ring (bicyclic) bond motifs is 1. The van der Waals surface area contributed by atoms with Gasteiger partial charge in [-0.2, -0.15) is 0 Å². The summed E-state index contributed by atoms with van der Waals surface area (Å²) in [7, 11) is 0. The lowest BCUT2D eigenvalue weighted by Crippen LogP contribution is -2.31. The first-order valence-electron chi connectivity index (χ1n) is 8.16. The molecule has 0 aliphatic rings. The number of hydrogen-bond donors (Lipinski definition) is 0. The van der Waals surface area contributed by atoms with E-state index in [4.69, 9.17) is 4.74 Å². The fourth-order valence-corrected chi connectivity index (χ4v) is 2.67. The third kappa shape index (κ3) is 3.28. The fraction of sp³-hybridized carbons (Fsp3) is 0.353. The first-order chi connectivity index (χ1) is 12.2. The Morgan fingerprint density at radius 2 is 2.00 bits per heavy atom. The van der Waals surface area contributed by atoms with Crippen LogP contribution in [0, 0.1) is 0 Å². The number of carbonyl (C=O) groups is 1. The molecule has 0 saturated carbocycles. The van der Waals surface area contributed by atoms with Crippen LogP contribution in [-0.2, 0) is 16.1 Å². The molecule has 0 aliphatic carbocycles. The van der Waals surface area contributed by atoms with Gasteiger partial charge in [-0.15, -0.1) is 5.10 Å². The van der Waals surface area contributed by atoms with E-state index in [1.54, 1.807) is 11.6 Å². The molecule has 3 rings (SSSR count). The normalized spacial score (nSPS) is 12.2. The van der Waals surface area contributed by atoms with Crippen molar-refractivity contribution >= 4 is 17.1 Å². The van der Waals surface area contributed by atoms with Gasteiger partial charge in [-0.1, -0.05) is 42.5 Å². The van der Waals surface area contributed by atoms with Crippen molar-refractivity contribution in [1.29, 1.82) is 0 Å². The van der Waals surface area contributed by atoms with Crippen molar-refractivity contribution in [1.82, 2.24) is 24.5 Å². The van der Waals surface area contributed by atoms with Crippen molar-refractivity contribution in [2.24, 2.45) is 0 Å². The molecule has 8 heteroatoms. The number of esters is 1. The summed E-state index contributed by atoms with van der Waals surface area (Å²) in [5, 5.41) is 8.00. The van der Waals surface area contributed by atoms with Gasteiger partial charge in [-0.25, -0.2) is 14.5 Å². The van der Waals surface area contributed by atoms with E-state index in [-0.39, 0.29) is 12.1 Å². The van der Waals surface area contributed by atoms with Crippen LogP contribution in [-0.4, -0.2) is 37.1 Å². The molecule has 8 nitrogen and oxygen atoms in total. The number of carbonyl (C=O) groups excluding carboxylic acids is 1. The maximum absolute atomic E-state index is 12.7. The lowest BCUT2D eigenvalue weighted by Gasteiger charge is -2.15. The first-order valence-corrected chi connectivity index (χ1v) is 8.16. The molecule has 1 aromatic carbocycles. The zero-order chi connectivity index (χ0) is 17.8. The van der Waals surface area contributed by atoms with Crippen molar-refractivity contribution in [3.05, 3.63) is 52.6 Å². The average Bonchev–Trinajstić information content (AvgIpc) is 3.02. The van der Waals surface area contributed by atoms with Crippen LogP contribution in [0.3, 0.4) is 0 Å². The van der Waals surface area contributed by atoms with Gasteiger partial charge in [0.1, 0.15) is 12.4 Å². The molecule has 0 bridgehead atoms. The molecular formula is C17H19N5O3. The Labute approximate surface area is 144 Å². The Bertz CT molecular complexity index is 932. The van der Waals surface area contributed by atoms with E-state index in [9.17, 15) is 9.59 Å². The Morgan fingerprint density at radius 1 is 1.24 bits per heavy atom. The van der Waals surface area contributed by atoms with E-state index < -0.39 is 17.6 Å². The Balaban J connectivity index is 1.99. The molecule has 0 N–H and O–H groups in total. The van der Waals surface area contributed by atoms with Gasteiger partial charge in [0.25, 0.3) is 5.56 Å². The highest BCUT2D eigenvalue weighted by Crippen LogP contribution is 2.13. The molecule has 2 heterocycles. The molecule has 0 spiro atoms. The maximum atomic E-state index is 12.7. The van der Waals surface area contributed by atoms with Crippen molar-refractivity contribution < 1.29 is 9.53 Å². The van der Waals surface area contributed by atoms with Gasteiger partial charge in [0.05, 0.1) is 13.2 Å². The Morgan fingerprint density at radius 3 is 2.68 bits per heavy atom. The molecule has 0 radical (unpaired) electrons. The maximum Gasteiger partial charge on any atom is 0.329 e. The second-order valence-corrected chi connectivity index (χ2v) is 5.54. The topological polar surface area (TPSA) is 91.9 Å². The molecule has 0 aliphatic heterocycles. The zero-order valence-corrected chi connectivity index (χ0v) is 14.1. The molecule has 3 aromatic rings. The van der Waals surface area contributed by atoms with Gasteiger partial charge in [0.2, 0.25) is 0 Å². The van der Waals surface area contributed by atoms with E-state index in [2.05, 4.69) is 15.3 Å². The predicted octanol–water partition coefficient (Wildman–Crippen LogP) is 1.55. The molecule has 0 saturated heterocycles. The minimum Gasteiger partial charge on any atom is -0.464 e. The van der Waals surface area contributed by atoms with Gasteiger partial charge in [-0.05, 0) is 18.9 Å². The molecule has 1 unspecified atom stereocenters. The summed E-state index contributed by atoms with van der Waals surface area (Å²) in [5.41, 5.74) is 1.16. The van der Waals surface area contributed by atoms with Gasteiger partial charge in [0, 0.05) is 0 Å². The van der Waals surface area contributed by atoms with E-state index in [0.29, 0.717) is 18.6 Å². The quantitative estimate of drug-likeness (QED) is 0.632. The highest BCUT2D eigenvalue weighted by molar-refractivity contribution is 5.75. The van der Waals surface area contributed by atoms with Crippen molar-refractivity contribution in [2.45, 2.75) is 32.9 Å². The molecule has 130 valence electrons. The van der Waals surface area contributed by atoms with Crippen LogP contribution in [0.2, 0.25) is 0 Å². The van der Waals surface area contributed by atoms with Crippen LogP contribution in [0.15, 0.2) is 41.5 Å². The number of nitrogens with zero attached hydrogens (tertiary/aromatic N) is 5. The van der Waals surface area contributed by atoms with Crippen LogP contribution >= 0.6 is 0 Å². The average molecular weight is 341 g/mol. The van der Waals surface area contributed by atoms with Gasteiger partial charge in [0.15, 0.2) is 11.2 Å². The van der Waals surface area contributed by atoms with Crippen molar-refractivity contribution in [2.75, 3.05) is 6.61 Å².